The average Bonchev–Trinajstić information content (AvgIpc) is 2.46. The fourth-order valence-corrected chi connectivity index (χ4v) is 2.07. The van der Waals surface area contributed by atoms with E-state index in [0.29, 0.717) is 18.1 Å². The SMILES string of the molecule is CCOC(=O)CC(C)(NC)c1ccc(OC)cc1OC. The monoisotopic (exact) mass is 281 g/mol. The van der Waals surface area contributed by atoms with Gasteiger partial charge in [0.05, 0.1) is 32.8 Å². The predicted molar refractivity (Wildman–Crippen MR) is 77.2 cm³/mol. The zero-order valence-corrected chi connectivity index (χ0v) is 12.8. The molecule has 0 amide bonds. The molecule has 0 fully saturated rings. The van der Waals surface area contributed by atoms with Crippen molar-refractivity contribution in [2.45, 2.75) is 25.8 Å². The van der Waals surface area contributed by atoms with Crippen molar-refractivity contribution in [3.05, 3.63) is 23.8 Å². The number of methoxy groups -OCH3 is 2. The molecule has 5 heteroatoms. The second kappa shape index (κ2) is 7.14. The number of esters is 1. The summed E-state index contributed by atoms with van der Waals surface area (Å²) in [6.45, 7) is 4.11. The Morgan fingerprint density at radius 1 is 1.30 bits per heavy atom. The highest BCUT2D eigenvalue weighted by Crippen LogP contribution is 2.35. The molecule has 0 saturated carbocycles. The lowest BCUT2D eigenvalue weighted by Gasteiger charge is -2.30. The van der Waals surface area contributed by atoms with Crippen LogP contribution in [0.1, 0.15) is 25.8 Å². The van der Waals surface area contributed by atoms with Crippen molar-refractivity contribution in [3.8, 4) is 11.5 Å². The van der Waals surface area contributed by atoms with Gasteiger partial charge in [-0.1, -0.05) is 0 Å². The van der Waals surface area contributed by atoms with Gasteiger partial charge >= 0.3 is 5.97 Å². The minimum Gasteiger partial charge on any atom is -0.497 e. The van der Waals surface area contributed by atoms with E-state index >= 15 is 0 Å². The highest BCUT2D eigenvalue weighted by atomic mass is 16.5. The minimum atomic E-state index is -0.566. The van der Waals surface area contributed by atoms with Crippen LogP contribution in [0.15, 0.2) is 18.2 Å². The van der Waals surface area contributed by atoms with E-state index in [1.165, 1.54) is 0 Å². The smallest absolute Gasteiger partial charge is 0.307 e. The van der Waals surface area contributed by atoms with Gasteiger partial charge < -0.3 is 19.5 Å². The Morgan fingerprint density at radius 3 is 2.50 bits per heavy atom. The largest absolute Gasteiger partial charge is 0.497 e. The summed E-state index contributed by atoms with van der Waals surface area (Å²) in [6, 6.07) is 5.54. The molecule has 0 bridgehead atoms. The number of nitrogens with one attached hydrogen (secondary N) is 1. The highest BCUT2D eigenvalue weighted by Gasteiger charge is 2.31. The van der Waals surface area contributed by atoms with Gasteiger partial charge in [0.25, 0.3) is 0 Å². The average molecular weight is 281 g/mol. The first-order chi connectivity index (χ1) is 9.50. The molecule has 0 heterocycles. The second-order valence-corrected chi connectivity index (χ2v) is 4.63. The number of carbonyl (C=O) groups excluding carboxylic acids is 1. The first kappa shape index (κ1) is 16.3. The van der Waals surface area contributed by atoms with Gasteiger partial charge in [-0.3, -0.25) is 4.79 Å². The predicted octanol–water partition coefficient (Wildman–Crippen LogP) is 2.09. The normalized spacial score (nSPS) is 13.4. The van der Waals surface area contributed by atoms with Gasteiger partial charge in [0.1, 0.15) is 11.5 Å². The lowest BCUT2D eigenvalue weighted by molar-refractivity contribution is -0.144. The van der Waals surface area contributed by atoms with E-state index in [2.05, 4.69) is 5.32 Å². The van der Waals surface area contributed by atoms with Crippen LogP contribution in [0.4, 0.5) is 0 Å². The lowest BCUT2D eigenvalue weighted by Crippen LogP contribution is -2.39. The quantitative estimate of drug-likeness (QED) is 0.776. The molecule has 0 aliphatic heterocycles. The Bertz CT molecular complexity index is 461. The van der Waals surface area contributed by atoms with Crippen LogP contribution in [0.2, 0.25) is 0 Å². The van der Waals surface area contributed by atoms with Crippen molar-refractivity contribution in [2.75, 3.05) is 27.9 Å². The van der Waals surface area contributed by atoms with Crippen LogP contribution in [0, 0.1) is 0 Å². The standard InChI is InChI=1S/C15H23NO4/c1-6-20-14(17)10-15(2,16-3)12-8-7-11(18-4)9-13(12)19-5/h7-9,16H,6,10H2,1-5H3. The number of hydrogen-bond donors (Lipinski definition) is 1. The van der Waals surface area contributed by atoms with E-state index in [1.54, 1.807) is 27.2 Å². The third kappa shape index (κ3) is 3.63. The first-order valence-corrected chi connectivity index (χ1v) is 6.57. The van der Waals surface area contributed by atoms with Crippen LogP contribution in [0.3, 0.4) is 0 Å². The van der Waals surface area contributed by atoms with Crippen LogP contribution < -0.4 is 14.8 Å². The third-order valence-electron chi connectivity index (χ3n) is 3.36. The molecule has 20 heavy (non-hydrogen) atoms. The molecule has 1 atom stereocenters. The van der Waals surface area contributed by atoms with E-state index in [-0.39, 0.29) is 12.4 Å². The molecule has 0 saturated heterocycles. The number of benzene rings is 1. The molecule has 1 aromatic rings. The Morgan fingerprint density at radius 2 is 2.00 bits per heavy atom. The Balaban J connectivity index is 3.12. The van der Waals surface area contributed by atoms with Gasteiger partial charge in [0.2, 0.25) is 0 Å². The van der Waals surface area contributed by atoms with Crippen LogP contribution >= 0.6 is 0 Å². The number of ether oxygens (including phenoxy) is 3. The van der Waals surface area contributed by atoms with Gasteiger partial charge in [-0.2, -0.15) is 0 Å². The molecule has 0 radical (unpaired) electrons. The molecular formula is C15H23NO4. The summed E-state index contributed by atoms with van der Waals surface area (Å²) in [6.07, 6.45) is 0.222. The molecule has 5 nitrogen and oxygen atoms in total. The maximum absolute atomic E-state index is 11.8. The molecule has 0 aromatic heterocycles. The van der Waals surface area contributed by atoms with Crippen molar-refractivity contribution in [2.24, 2.45) is 0 Å². The molecule has 112 valence electrons. The molecule has 0 spiro atoms. The summed E-state index contributed by atoms with van der Waals surface area (Å²) in [5.41, 5.74) is 0.320. The molecule has 0 aliphatic rings. The first-order valence-electron chi connectivity index (χ1n) is 6.57. The van der Waals surface area contributed by atoms with E-state index in [0.717, 1.165) is 5.56 Å². The summed E-state index contributed by atoms with van der Waals surface area (Å²) in [5.74, 6) is 1.13. The number of carbonyl (C=O) groups is 1. The number of hydrogen-bond acceptors (Lipinski definition) is 5. The summed E-state index contributed by atoms with van der Waals surface area (Å²) < 4.78 is 15.6. The maximum atomic E-state index is 11.8. The van der Waals surface area contributed by atoms with Crippen LogP contribution in [0.25, 0.3) is 0 Å². The van der Waals surface area contributed by atoms with E-state index in [4.69, 9.17) is 14.2 Å². The van der Waals surface area contributed by atoms with Crippen LogP contribution in [0.5, 0.6) is 11.5 Å². The van der Waals surface area contributed by atoms with Gasteiger partial charge in [-0.05, 0) is 33.0 Å². The van der Waals surface area contributed by atoms with Crippen molar-refractivity contribution >= 4 is 5.97 Å². The Hall–Kier alpha value is -1.75. The number of rotatable bonds is 7. The highest BCUT2D eigenvalue weighted by molar-refractivity contribution is 5.71. The molecule has 1 N–H and O–H groups in total. The summed E-state index contributed by atoms with van der Waals surface area (Å²) in [4.78, 5) is 11.8. The van der Waals surface area contributed by atoms with E-state index in [9.17, 15) is 4.79 Å². The van der Waals surface area contributed by atoms with Crippen molar-refractivity contribution in [3.63, 3.8) is 0 Å². The topological polar surface area (TPSA) is 56.8 Å². The molecule has 0 aliphatic carbocycles. The fourth-order valence-electron chi connectivity index (χ4n) is 2.07. The van der Waals surface area contributed by atoms with Crippen LogP contribution in [-0.2, 0) is 15.1 Å². The van der Waals surface area contributed by atoms with Gasteiger partial charge in [-0.25, -0.2) is 0 Å². The van der Waals surface area contributed by atoms with Crippen molar-refractivity contribution in [1.82, 2.24) is 5.32 Å². The fraction of sp³-hybridized carbons (Fsp3) is 0.533. The summed E-state index contributed by atoms with van der Waals surface area (Å²) in [5, 5.41) is 3.17. The van der Waals surface area contributed by atoms with Crippen molar-refractivity contribution in [1.29, 1.82) is 0 Å². The Labute approximate surface area is 120 Å². The minimum absolute atomic E-state index is 0.222. The zero-order chi connectivity index (χ0) is 15.2. The molecule has 1 aromatic carbocycles. The van der Waals surface area contributed by atoms with Gasteiger partial charge in [0.15, 0.2) is 0 Å². The van der Waals surface area contributed by atoms with Gasteiger partial charge in [0, 0.05) is 11.6 Å². The summed E-state index contributed by atoms with van der Waals surface area (Å²) in [7, 11) is 5.01. The van der Waals surface area contributed by atoms with Gasteiger partial charge in [-0.15, -0.1) is 0 Å². The van der Waals surface area contributed by atoms with E-state index < -0.39 is 5.54 Å². The maximum Gasteiger partial charge on any atom is 0.307 e. The molecule has 1 unspecified atom stereocenters. The van der Waals surface area contributed by atoms with Crippen LogP contribution in [-0.4, -0.2) is 33.8 Å². The lowest BCUT2D eigenvalue weighted by atomic mass is 9.88. The zero-order valence-electron chi connectivity index (χ0n) is 12.8. The molecular weight excluding hydrogens is 258 g/mol. The second-order valence-electron chi connectivity index (χ2n) is 4.63. The van der Waals surface area contributed by atoms with Crippen molar-refractivity contribution < 1.29 is 19.0 Å². The molecule has 1 rings (SSSR count). The van der Waals surface area contributed by atoms with E-state index in [1.807, 2.05) is 26.1 Å². The third-order valence-corrected chi connectivity index (χ3v) is 3.36. The Kier molecular flexibility index (Phi) is 5.82. The summed E-state index contributed by atoms with van der Waals surface area (Å²) >= 11 is 0.